The molecule has 1 saturated heterocycles. The quantitative estimate of drug-likeness (QED) is 0.733. The number of ether oxygens (including phenoxy) is 3. The van der Waals surface area contributed by atoms with Gasteiger partial charge in [-0.3, -0.25) is 9.69 Å². The van der Waals surface area contributed by atoms with Crippen LogP contribution >= 0.6 is 11.6 Å². The van der Waals surface area contributed by atoms with E-state index in [4.69, 9.17) is 25.8 Å². The van der Waals surface area contributed by atoms with Crippen molar-refractivity contribution < 1.29 is 19.0 Å². The molecule has 0 aromatic heterocycles. The second-order valence-corrected chi connectivity index (χ2v) is 6.86. The normalized spacial score (nSPS) is 15.6. The van der Waals surface area contributed by atoms with E-state index in [1.165, 1.54) is 0 Å². The summed E-state index contributed by atoms with van der Waals surface area (Å²) in [6.45, 7) is 3.35. The Morgan fingerprint density at radius 3 is 2.50 bits per heavy atom. The molecule has 1 atom stereocenters. The molecule has 6 nitrogen and oxygen atoms in total. The lowest BCUT2D eigenvalue weighted by Crippen LogP contribution is -2.44. The molecule has 0 unspecified atom stereocenters. The number of carbonyl (C=O) groups is 1. The first-order chi connectivity index (χ1) is 13.7. The van der Waals surface area contributed by atoms with Gasteiger partial charge in [0.25, 0.3) is 5.91 Å². The van der Waals surface area contributed by atoms with Crippen LogP contribution in [0.2, 0.25) is 5.02 Å². The minimum Gasteiger partial charge on any atom is -0.497 e. The van der Waals surface area contributed by atoms with Crippen LogP contribution in [0, 0.1) is 0 Å². The van der Waals surface area contributed by atoms with Crippen molar-refractivity contribution in [3.63, 3.8) is 0 Å². The number of hydrogen-bond donors (Lipinski definition) is 1. The van der Waals surface area contributed by atoms with Gasteiger partial charge < -0.3 is 19.5 Å². The first-order valence-electron chi connectivity index (χ1n) is 9.27. The van der Waals surface area contributed by atoms with Crippen LogP contribution in [0.15, 0.2) is 48.5 Å². The summed E-state index contributed by atoms with van der Waals surface area (Å²) >= 11 is 6.41. The Hall–Kier alpha value is -2.28. The van der Waals surface area contributed by atoms with Gasteiger partial charge in [0.05, 0.1) is 26.4 Å². The highest BCUT2D eigenvalue weighted by atomic mass is 35.5. The van der Waals surface area contributed by atoms with E-state index in [0.29, 0.717) is 30.5 Å². The number of rotatable bonds is 8. The smallest absolute Gasteiger partial charge is 0.258 e. The third-order valence-corrected chi connectivity index (χ3v) is 5.02. The molecule has 1 aliphatic rings. The van der Waals surface area contributed by atoms with Crippen molar-refractivity contribution in [3.05, 3.63) is 59.1 Å². The van der Waals surface area contributed by atoms with Gasteiger partial charge in [0.2, 0.25) is 0 Å². The van der Waals surface area contributed by atoms with E-state index in [2.05, 4.69) is 10.2 Å². The fourth-order valence-corrected chi connectivity index (χ4v) is 3.41. The summed E-state index contributed by atoms with van der Waals surface area (Å²) in [5.74, 6) is 1.18. The number of nitrogens with one attached hydrogen (secondary N) is 1. The minimum atomic E-state index is -0.180. The largest absolute Gasteiger partial charge is 0.497 e. The molecular weight excluding hydrogens is 380 g/mol. The molecule has 1 heterocycles. The number of halogens is 1. The molecule has 2 aromatic carbocycles. The molecule has 7 heteroatoms. The molecule has 0 spiro atoms. The lowest BCUT2D eigenvalue weighted by atomic mass is 10.0. The fraction of sp³-hybridized carbons (Fsp3) is 0.381. The Morgan fingerprint density at radius 1 is 1.14 bits per heavy atom. The van der Waals surface area contributed by atoms with E-state index in [0.717, 1.165) is 24.4 Å². The zero-order valence-electron chi connectivity index (χ0n) is 15.9. The number of morpholine rings is 1. The molecule has 1 amide bonds. The SMILES string of the molecule is COc1ccc(OCC(=O)NC[C@@H](c2ccccc2Cl)N2CCOCC2)cc1. The number of carbonyl (C=O) groups excluding carboxylic acids is 1. The number of benzene rings is 2. The van der Waals surface area contributed by atoms with Gasteiger partial charge in [-0.25, -0.2) is 0 Å². The Bertz CT molecular complexity index is 763. The Kier molecular flexibility index (Phi) is 7.54. The molecule has 0 radical (unpaired) electrons. The summed E-state index contributed by atoms with van der Waals surface area (Å²) < 4.78 is 16.1. The molecule has 1 fully saturated rings. The van der Waals surface area contributed by atoms with E-state index in [-0.39, 0.29) is 18.6 Å². The number of amides is 1. The first kappa shape index (κ1) is 20.5. The summed E-state index contributed by atoms with van der Waals surface area (Å²) in [4.78, 5) is 14.6. The third-order valence-electron chi connectivity index (χ3n) is 4.67. The van der Waals surface area contributed by atoms with Gasteiger partial charge in [0, 0.05) is 24.7 Å². The summed E-state index contributed by atoms with van der Waals surface area (Å²) in [5, 5.41) is 3.67. The van der Waals surface area contributed by atoms with Crippen molar-refractivity contribution in [1.82, 2.24) is 10.2 Å². The van der Waals surface area contributed by atoms with Crippen LogP contribution in [0.4, 0.5) is 0 Å². The predicted octanol–water partition coefficient (Wildman–Crippen LogP) is 2.92. The van der Waals surface area contributed by atoms with E-state index >= 15 is 0 Å². The van der Waals surface area contributed by atoms with Crippen LogP contribution in [0.3, 0.4) is 0 Å². The fourth-order valence-electron chi connectivity index (χ4n) is 3.15. The van der Waals surface area contributed by atoms with Gasteiger partial charge in [-0.05, 0) is 35.9 Å². The van der Waals surface area contributed by atoms with Crippen LogP contribution in [0.5, 0.6) is 11.5 Å². The van der Waals surface area contributed by atoms with Crippen molar-refractivity contribution in [2.45, 2.75) is 6.04 Å². The predicted molar refractivity (Wildman–Crippen MR) is 108 cm³/mol. The highest BCUT2D eigenvalue weighted by Gasteiger charge is 2.24. The first-order valence-corrected chi connectivity index (χ1v) is 9.65. The molecule has 28 heavy (non-hydrogen) atoms. The van der Waals surface area contributed by atoms with Crippen molar-refractivity contribution in [2.24, 2.45) is 0 Å². The number of nitrogens with zero attached hydrogens (tertiary/aromatic N) is 1. The lowest BCUT2D eigenvalue weighted by Gasteiger charge is -2.35. The van der Waals surface area contributed by atoms with Crippen molar-refractivity contribution in [1.29, 1.82) is 0 Å². The Morgan fingerprint density at radius 2 is 1.82 bits per heavy atom. The molecule has 2 aromatic rings. The average molecular weight is 405 g/mol. The van der Waals surface area contributed by atoms with Gasteiger partial charge in [-0.2, -0.15) is 0 Å². The van der Waals surface area contributed by atoms with E-state index in [1.807, 2.05) is 24.3 Å². The molecule has 0 aliphatic carbocycles. The van der Waals surface area contributed by atoms with Crippen LogP contribution < -0.4 is 14.8 Å². The van der Waals surface area contributed by atoms with Gasteiger partial charge in [0.1, 0.15) is 11.5 Å². The standard InChI is InChI=1S/C21H25ClN2O4/c1-26-16-6-8-17(9-7-16)28-15-21(25)23-14-20(24-10-12-27-13-11-24)18-4-2-3-5-19(18)22/h2-9,20H,10-15H2,1H3,(H,23,25)/t20-/m0/s1. The van der Waals surface area contributed by atoms with Crippen LogP contribution in [0.25, 0.3) is 0 Å². The second-order valence-electron chi connectivity index (χ2n) is 6.45. The number of hydrogen-bond acceptors (Lipinski definition) is 5. The average Bonchev–Trinajstić information content (AvgIpc) is 2.74. The number of methoxy groups -OCH3 is 1. The minimum absolute atomic E-state index is 0.0115. The summed E-state index contributed by atoms with van der Waals surface area (Å²) in [7, 11) is 1.60. The van der Waals surface area contributed by atoms with Crippen LogP contribution in [-0.2, 0) is 9.53 Å². The molecule has 1 N–H and O–H groups in total. The lowest BCUT2D eigenvalue weighted by molar-refractivity contribution is -0.123. The van der Waals surface area contributed by atoms with E-state index in [9.17, 15) is 4.79 Å². The Balaban J connectivity index is 1.57. The molecule has 1 aliphatic heterocycles. The van der Waals surface area contributed by atoms with Crippen LogP contribution in [-0.4, -0.2) is 57.4 Å². The van der Waals surface area contributed by atoms with Gasteiger partial charge >= 0.3 is 0 Å². The maximum atomic E-state index is 12.3. The monoisotopic (exact) mass is 404 g/mol. The van der Waals surface area contributed by atoms with Crippen LogP contribution in [0.1, 0.15) is 11.6 Å². The highest BCUT2D eigenvalue weighted by Crippen LogP contribution is 2.27. The van der Waals surface area contributed by atoms with Crippen molar-refractivity contribution >= 4 is 17.5 Å². The van der Waals surface area contributed by atoms with E-state index in [1.54, 1.807) is 31.4 Å². The van der Waals surface area contributed by atoms with Gasteiger partial charge in [-0.1, -0.05) is 29.8 Å². The van der Waals surface area contributed by atoms with Gasteiger partial charge in [0.15, 0.2) is 6.61 Å². The second kappa shape index (κ2) is 10.3. The summed E-state index contributed by atoms with van der Waals surface area (Å²) in [6, 6.07) is 14.9. The molecule has 0 bridgehead atoms. The highest BCUT2D eigenvalue weighted by molar-refractivity contribution is 6.31. The third kappa shape index (κ3) is 5.61. The van der Waals surface area contributed by atoms with Crippen molar-refractivity contribution in [2.75, 3.05) is 46.6 Å². The topological polar surface area (TPSA) is 60.0 Å². The molecule has 0 saturated carbocycles. The summed E-state index contributed by atoms with van der Waals surface area (Å²) in [6.07, 6.45) is 0. The molecule has 3 rings (SSSR count). The zero-order chi connectivity index (χ0) is 19.8. The maximum Gasteiger partial charge on any atom is 0.258 e. The van der Waals surface area contributed by atoms with Crippen molar-refractivity contribution in [3.8, 4) is 11.5 Å². The molecule has 150 valence electrons. The van der Waals surface area contributed by atoms with Gasteiger partial charge in [-0.15, -0.1) is 0 Å². The maximum absolute atomic E-state index is 12.3. The Labute approximate surface area is 170 Å². The zero-order valence-corrected chi connectivity index (χ0v) is 16.7. The van der Waals surface area contributed by atoms with E-state index < -0.39 is 0 Å². The molecular formula is C21H25ClN2O4. The summed E-state index contributed by atoms with van der Waals surface area (Å²) in [5.41, 5.74) is 1.00.